The molecular formula is C22H21N5O. The number of carbonyl (C=O) groups excluding carboxylic acids is 1. The largest absolute Gasteiger partial charge is 0.348 e. The summed E-state index contributed by atoms with van der Waals surface area (Å²) in [5, 5.41) is 16.0. The smallest absolute Gasteiger partial charge is 0.227 e. The zero-order chi connectivity index (χ0) is 19.3. The lowest BCUT2D eigenvalue weighted by molar-refractivity contribution is -0.122. The van der Waals surface area contributed by atoms with Crippen LogP contribution in [0.3, 0.4) is 0 Å². The Morgan fingerprint density at radius 2 is 1.68 bits per heavy atom. The van der Waals surface area contributed by atoms with Crippen molar-refractivity contribution in [3.05, 3.63) is 84.2 Å². The number of aromatic nitrogens is 4. The van der Waals surface area contributed by atoms with Crippen molar-refractivity contribution in [2.24, 2.45) is 0 Å². The van der Waals surface area contributed by atoms with Gasteiger partial charge in [0.15, 0.2) is 11.5 Å². The molecule has 0 fully saturated rings. The van der Waals surface area contributed by atoms with Crippen LogP contribution in [0, 0.1) is 0 Å². The van der Waals surface area contributed by atoms with E-state index >= 15 is 0 Å². The zero-order valence-corrected chi connectivity index (χ0v) is 15.6. The quantitative estimate of drug-likeness (QED) is 0.562. The van der Waals surface area contributed by atoms with Gasteiger partial charge in [0.05, 0.1) is 18.2 Å². The summed E-state index contributed by atoms with van der Waals surface area (Å²) in [7, 11) is 0. The summed E-state index contributed by atoms with van der Waals surface area (Å²) >= 11 is 0. The predicted octanol–water partition coefficient (Wildman–Crippen LogP) is 3.60. The minimum absolute atomic E-state index is 0.0235. The van der Waals surface area contributed by atoms with Crippen LogP contribution in [0.5, 0.6) is 0 Å². The van der Waals surface area contributed by atoms with E-state index in [1.807, 2.05) is 79.7 Å². The van der Waals surface area contributed by atoms with Crippen molar-refractivity contribution < 1.29 is 4.79 Å². The summed E-state index contributed by atoms with van der Waals surface area (Å²) in [6.45, 7) is 2.28. The number of rotatable bonds is 6. The van der Waals surface area contributed by atoms with Crippen LogP contribution in [0.25, 0.3) is 16.9 Å². The lowest BCUT2D eigenvalue weighted by Gasteiger charge is -2.15. The van der Waals surface area contributed by atoms with E-state index in [1.54, 1.807) is 4.52 Å². The van der Waals surface area contributed by atoms with Crippen molar-refractivity contribution in [1.82, 2.24) is 25.1 Å². The number of hydrogen-bond donors (Lipinski definition) is 1. The van der Waals surface area contributed by atoms with Gasteiger partial charge in [0.25, 0.3) is 0 Å². The Bertz CT molecular complexity index is 1080. The number of nitrogens with zero attached hydrogens (tertiary/aromatic N) is 4. The van der Waals surface area contributed by atoms with Crippen molar-refractivity contribution in [3.63, 3.8) is 0 Å². The molecule has 0 radical (unpaired) electrons. The van der Waals surface area contributed by atoms with Gasteiger partial charge in [-0.3, -0.25) is 4.79 Å². The molecule has 0 aliphatic rings. The van der Waals surface area contributed by atoms with Crippen LogP contribution < -0.4 is 5.32 Å². The van der Waals surface area contributed by atoms with E-state index in [0.717, 1.165) is 23.2 Å². The van der Waals surface area contributed by atoms with E-state index in [4.69, 9.17) is 0 Å². The third-order valence-electron chi connectivity index (χ3n) is 4.74. The molecule has 1 amide bonds. The van der Waals surface area contributed by atoms with Crippen LogP contribution in [-0.4, -0.2) is 25.7 Å². The van der Waals surface area contributed by atoms with Gasteiger partial charge in [0.1, 0.15) is 0 Å². The molecule has 0 unspecified atom stereocenters. The van der Waals surface area contributed by atoms with E-state index in [-0.39, 0.29) is 18.4 Å². The van der Waals surface area contributed by atoms with E-state index < -0.39 is 0 Å². The van der Waals surface area contributed by atoms with Crippen molar-refractivity contribution in [3.8, 4) is 11.3 Å². The molecule has 4 rings (SSSR count). The first kappa shape index (κ1) is 17.9. The standard InChI is InChI=1S/C22H21N5O/c1-2-18(16-9-5-3-6-10-16)22(28)23-15-21-25-24-20-14-13-19(26-27(20)21)17-11-7-4-8-12-17/h3-14,18H,2,15H2,1H3,(H,23,28)/t18-/m0/s1. The maximum atomic E-state index is 12.7. The minimum atomic E-state index is -0.187. The first-order valence-electron chi connectivity index (χ1n) is 9.35. The fourth-order valence-corrected chi connectivity index (χ4v) is 3.25. The Morgan fingerprint density at radius 1 is 0.964 bits per heavy atom. The van der Waals surface area contributed by atoms with Gasteiger partial charge in [0.2, 0.25) is 5.91 Å². The lowest BCUT2D eigenvalue weighted by atomic mass is 9.96. The number of amides is 1. The molecule has 1 N–H and O–H groups in total. The van der Waals surface area contributed by atoms with Crippen molar-refractivity contribution >= 4 is 11.6 Å². The highest BCUT2D eigenvalue weighted by molar-refractivity contribution is 5.83. The topological polar surface area (TPSA) is 72.2 Å². The molecule has 2 heterocycles. The second kappa shape index (κ2) is 8.00. The second-order valence-corrected chi connectivity index (χ2v) is 6.56. The normalized spacial score (nSPS) is 12.0. The maximum Gasteiger partial charge on any atom is 0.227 e. The minimum Gasteiger partial charge on any atom is -0.348 e. The lowest BCUT2D eigenvalue weighted by Crippen LogP contribution is -2.29. The summed E-state index contributed by atoms with van der Waals surface area (Å²) in [6.07, 6.45) is 0.729. The molecule has 6 heteroatoms. The molecule has 4 aromatic rings. The molecule has 0 spiro atoms. The summed E-state index contributed by atoms with van der Waals surface area (Å²) in [5.74, 6) is 0.391. The molecule has 0 bridgehead atoms. The van der Waals surface area contributed by atoms with Crippen molar-refractivity contribution in [2.75, 3.05) is 0 Å². The average Bonchev–Trinajstić information content (AvgIpc) is 3.16. The summed E-state index contributed by atoms with van der Waals surface area (Å²) in [5.41, 5.74) is 3.51. The molecular weight excluding hydrogens is 350 g/mol. The van der Waals surface area contributed by atoms with Crippen LogP contribution in [0.4, 0.5) is 0 Å². The number of hydrogen-bond acceptors (Lipinski definition) is 4. The fraction of sp³-hybridized carbons (Fsp3) is 0.182. The molecule has 28 heavy (non-hydrogen) atoms. The Labute approximate surface area is 163 Å². The van der Waals surface area contributed by atoms with Gasteiger partial charge in [0, 0.05) is 5.56 Å². The van der Waals surface area contributed by atoms with E-state index in [2.05, 4.69) is 20.6 Å². The maximum absolute atomic E-state index is 12.7. The molecule has 140 valence electrons. The third-order valence-corrected chi connectivity index (χ3v) is 4.74. The zero-order valence-electron chi connectivity index (χ0n) is 15.6. The number of fused-ring (bicyclic) bond motifs is 1. The Kier molecular flexibility index (Phi) is 5.10. The van der Waals surface area contributed by atoms with Gasteiger partial charge in [-0.25, -0.2) is 0 Å². The SMILES string of the molecule is CC[C@H](C(=O)NCc1nnc2ccc(-c3ccccc3)nn12)c1ccccc1. The third kappa shape index (κ3) is 3.62. The molecule has 0 saturated carbocycles. The van der Waals surface area contributed by atoms with Gasteiger partial charge in [-0.1, -0.05) is 67.6 Å². The monoisotopic (exact) mass is 371 g/mol. The molecule has 0 aliphatic carbocycles. The average molecular weight is 371 g/mol. The predicted molar refractivity (Wildman–Crippen MR) is 108 cm³/mol. The van der Waals surface area contributed by atoms with E-state index in [1.165, 1.54) is 0 Å². The van der Waals surface area contributed by atoms with Gasteiger partial charge < -0.3 is 5.32 Å². The molecule has 1 atom stereocenters. The van der Waals surface area contributed by atoms with Crippen LogP contribution in [0.1, 0.15) is 30.7 Å². The van der Waals surface area contributed by atoms with Gasteiger partial charge in [-0.15, -0.1) is 10.2 Å². The van der Waals surface area contributed by atoms with Crippen molar-refractivity contribution in [2.45, 2.75) is 25.8 Å². The first-order chi connectivity index (χ1) is 13.8. The Morgan fingerprint density at radius 3 is 2.39 bits per heavy atom. The Hall–Kier alpha value is -3.54. The van der Waals surface area contributed by atoms with Crippen LogP contribution in [0.2, 0.25) is 0 Å². The molecule has 0 aliphatic heterocycles. The first-order valence-corrected chi connectivity index (χ1v) is 9.35. The summed E-state index contributed by atoms with van der Waals surface area (Å²) in [6, 6.07) is 23.5. The number of nitrogens with one attached hydrogen (secondary N) is 1. The van der Waals surface area contributed by atoms with Gasteiger partial charge in [-0.05, 0) is 24.1 Å². The number of benzene rings is 2. The second-order valence-electron chi connectivity index (χ2n) is 6.56. The summed E-state index contributed by atoms with van der Waals surface area (Å²) in [4.78, 5) is 12.7. The number of carbonyl (C=O) groups is 1. The molecule has 2 aromatic carbocycles. The fourth-order valence-electron chi connectivity index (χ4n) is 3.25. The van der Waals surface area contributed by atoms with Gasteiger partial charge >= 0.3 is 0 Å². The van der Waals surface area contributed by atoms with Crippen LogP contribution in [0.15, 0.2) is 72.8 Å². The summed E-state index contributed by atoms with van der Waals surface area (Å²) < 4.78 is 1.69. The highest BCUT2D eigenvalue weighted by Gasteiger charge is 2.19. The van der Waals surface area contributed by atoms with E-state index in [9.17, 15) is 4.79 Å². The highest BCUT2D eigenvalue weighted by Crippen LogP contribution is 2.20. The van der Waals surface area contributed by atoms with Crippen LogP contribution in [-0.2, 0) is 11.3 Å². The molecule has 2 aromatic heterocycles. The highest BCUT2D eigenvalue weighted by atomic mass is 16.1. The van der Waals surface area contributed by atoms with E-state index in [0.29, 0.717) is 11.5 Å². The van der Waals surface area contributed by atoms with Crippen LogP contribution >= 0.6 is 0 Å². The Balaban J connectivity index is 1.54. The molecule has 0 saturated heterocycles. The van der Waals surface area contributed by atoms with Crippen molar-refractivity contribution in [1.29, 1.82) is 0 Å². The molecule has 6 nitrogen and oxygen atoms in total. The van der Waals surface area contributed by atoms with Gasteiger partial charge in [-0.2, -0.15) is 9.61 Å².